The van der Waals surface area contributed by atoms with Crippen molar-refractivity contribution in [2.24, 2.45) is 11.3 Å². The lowest BCUT2D eigenvalue weighted by atomic mass is 9.67. The van der Waals surface area contributed by atoms with Gasteiger partial charge in [-0.2, -0.15) is 0 Å². The Morgan fingerprint density at radius 3 is 3.00 bits per heavy atom. The fraction of sp³-hybridized carbons (Fsp3) is 0.636. The monoisotopic (exact) mass is 153 g/mol. The average molecular weight is 153 g/mol. The van der Waals surface area contributed by atoms with Gasteiger partial charge >= 0.3 is 0 Å². The quantitative estimate of drug-likeness (QED) is 0.399. The van der Waals surface area contributed by atoms with Gasteiger partial charge in [-0.05, 0) is 24.7 Å². The minimum Gasteiger partial charge on any atom is -0.102 e. The summed E-state index contributed by atoms with van der Waals surface area (Å²) >= 11 is 0. The summed E-state index contributed by atoms with van der Waals surface area (Å²) in [4.78, 5) is 0. The van der Waals surface area contributed by atoms with E-state index in [0.717, 1.165) is 6.42 Å². The largest absolute Gasteiger partial charge is 0.102 e. The zero-order chi connectivity index (χ0) is 10.1. The van der Waals surface area contributed by atoms with Crippen LogP contribution in [-0.4, -0.2) is 0 Å². The van der Waals surface area contributed by atoms with E-state index in [1.54, 1.807) is 6.08 Å². The highest BCUT2D eigenvalue weighted by atomic mass is 14.4. The molecule has 0 bridgehead atoms. The predicted molar refractivity (Wildman–Crippen MR) is 50.5 cm³/mol. The zero-order valence-corrected chi connectivity index (χ0v) is 7.48. The van der Waals surface area contributed by atoms with Crippen molar-refractivity contribution in [2.45, 2.75) is 33.1 Å². The van der Waals surface area contributed by atoms with Crippen LogP contribution in [0.5, 0.6) is 0 Å². The second-order valence-electron chi connectivity index (χ2n) is 4.14. The summed E-state index contributed by atoms with van der Waals surface area (Å²) in [6.45, 7) is 8.34. The van der Waals surface area contributed by atoms with Gasteiger partial charge in [-0.25, -0.2) is 0 Å². The second kappa shape index (κ2) is 2.84. The van der Waals surface area contributed by atoms with E-state index in [1.807, 2.05) is 0 Å². The molecule has 62 valence electrons. The Bertz CT molecular complexity index is 234. The highest BCUT2D eigenvalue weighted by Gasteiger charge is 2.31. The Kier molecular flexibility index (Phi) is 1.56. The lowest BCUT2D eigenvalue weighted by molar-refractivity contribution is 0.228. The molecular weight excluding hydrogens is 133 g/mol. The second-order valence-corrected chi connectivity index (χ2v) is 4.14. The first-order chi connectivity index (χ1) is 5.93. The van der Waals surface area contributed by atoms with Crippen molar-refractivity contribution in [1.29, 1.82) is 0 Å². The van der Waals surface area contributed by atoms with E-state index in [0.29, 0.717) is 0 Å². The SMILES string of the molecule is [2H][13C]([2H])=C[C@@H]1C(=C)CCCC1(C)C. The third kappa shape index (κ3) is 1.55. The maximum absolute atomic E-state index is 7.17. The van der Waals surface area contributed by atoms with E-state index < -0.39 is 0 Å². The average Bonchev–Trinajstić information content (AvgIpc) is 1.96. The number of hydrogen-bond donors (Lipinski definition) is 0. The molecule has 0 radical (unpaired) electrons. The van der Waals surface area contributed by atoms with Gasteiger partial charge in [0, 0.05) is 5.92 Å². The molecule has 1 atom stereocenters. The summed E-state index contributed by atoms with van der Waals surface area (Å²) in [5.74, 6) is 0.228. The molecule has 0 heteroatoms. The first kappa shape index (κ1) is 6.05. The van der Waals surface area contributed by atoms with Crippen LogP contribution in [0.2, 0.25) is 0 Å². The summed E-state index contributed by atoms with van der Waals surface area (Å²) < 4.78 is 14.3. The molecule has 0 aromatic rings. The number of hydrogen-bond acceptors (Lipinski definition) is 0. The lowest BCUT2D eigenvalue weighted by Crippen LogP contribution is -2.27. The first-order valence-electron chi connectivity index (χ1n) is 5.26. The van der Waals surface area contributed by atoms with Crippen molar-refractivity contribution in [3.8, 4) is 0 Å². The van der Waals surface area contributed by atoms with Gasteiger partial charge in [-0.1, -0.05) is 32.1 Å². The molecule has 11 heavy (non-hydrogen) atoms. The molecule has 0 heterocycles. The first-order valence-corrected chi connectivity index (χ1v) is 4.26. The molecular formula is C11H18. The van der Waals surface area contributed by atoms with Crippen LogP contribution in [0.3, 0.4) is 0 Å². The summed E-state index contributed by atoms with van der Waals surface area (Å²) in [6.07, 6.45) is 5.14. The van der Waals surface area contributed by atoms with E-state index in [4.69, 9.17) is 2.74 Å². The predicted octanol–water partition coefficient (Wildman–Crippen LogP) is 3.55. The van der Waals surface area contributed by atoms with E-state index in [-0.39, 0.29) is 17.9 Å². The lowest BCUT2D eigenvalue weighted by Gasteiger charge is -2.38. The molecule has 0 N–H and O–H groups in total. The molecule has 0 aromatic heterocycles. The molecule has 0 spiro atoms. The van der Waals surface area contributed by atoms with Crippen LogP contribution >= 0.6 is 0 Å². The van der Waals surface area contributed by atoms with Gasteiger partial charge in [0.15, 0.2) is 0 Å². The minimum absolute atomic E-state index is 0.0823. The van der Waals surface area contributed by atoms with Crippen LogP contribution in [0.25, 0.3) is 0 Å². The van der Waals surface area contributed by atoms with Gasteiger partial charge in [0.05, 0.1) is 2.74 Å². The van der Waals surface area contributed by atoms with Crippen LogP contribution < -0.4 is 0 Å². The third-order valence-corrected chi connectivity index (χ3v) is 2.77. The zero-order valence-electron chi connectivity index (χ0n) is 9.48. The van der Waals surface area contributed by atoms with Crippen LogP contribution in [0.15, 0.2) is 24.8 Å². The summed E-state index contributed by atoms with van der Waals surface area (Å²) in [5, 5.41) is 0. The van der Waals surface area contributed by atoms with Crippen molar-refractivity contribution < 1.29 is 2.74 Å². The number of allylic oxidation sites excluding steroid dienone is 2. The molecule has 1 aliphatic rings. The molecule has 0 nitrogen and oxygen atoms in total. The molecule has 1 aliphatic carbocycles. The van der Waals surface area contributed by atoms with Gasteiger partial charge in [0.1, 0.15) is 0 Å². The third-order valence-electron chi connectivity index (χ3n) is 2.77. The summed E-state index contributed by atoms with van der Waals surface area (Å²) in [7, 11) is 0. The van der Waals surface area contributed by atoms with Crippen LogP contribution in [-0.2, 0) is 0 Å². The van der Waals surface area contributed by atoms with E-state index >= 15 is 0 Å². The van der Waals surface area contributed by atoms with Crippen molar-refractivity contribution in [1.82, 2.24) is 0 Å². The topological polar surface area (TPSA) is 0 Å². The highest BCUT2D eigenvalue weighted by molar-refractivity contribution is 5.15. The molecule has 1 rings (SSSR count). The molecule has 0 saturated heterocycles. The van der Waals surface area contributed by atoms with Gasteiger partial charge in [0.2, 0.25) is 0 Å². The number of rotatable bonds is 1. The fourth-order valence-corrected chi connectivity index (χ4v) is 1.98. The molecule has 0 aromatic carbocycles. The Hall–Kier alpha value is -0.520. The summed E-state index contributed by atoms with van der Waals surface area (Å²) in [5.41, 5.74) is 1.37. The van der Waals surface area contributed by atoms with Gasteiger partial charge in [0.25, 0.3) is 0 Å². The van der Waals surface area contributed by atoms with Crippen molar-refractivity contribution in [3.63, 3.8) is 0 Å². The Morgan fingerprint density at radius 1 is 1.73 bits per heavy atom. The summed E-state index contributed by atoms with van der Waals surface area (Å²) in [6, 6.07) is 0. The van der Waals surface area contributed by atoms with E-state index in [2.05, 4.69) is 20.4 Å². The minimum atomic E-state index is -0.0823. The van der Waals surface area contributed by atoms with Crippen molar-refractivity contribution in [3.05, 3.63) is 24.8 Å². The van der Waals surface area contributed by atoms with Crippen LogP contribution in [0.4, 0.5) is 0 Å². The Balaban J connectivity index is 2.87. The van der Waals surface area contributed by atoms with Gasteiger partial charge in [-0.15, -0.1) is 6.53 Å². The maximum Gasteiger partial charge on any atom is 0.0535 e. The Morgan fingerprint density at radius 2 is 2.45 bits per heavy atom. The van der Waals surface area contributed by atoms with Gasteiger partial charge in [-0.3, -0.25) is 0 Å². The van der Waals surface area contributed by atoms with E-state index in [1.165, 1.54) is 18.4 Å². The molecule has 0 amide bonds. The van der Waals surface area contributed by atoms with Gasteiger partial charge < -0.3 is 0 Å². The van der Waals surface area contributed by atoms with Crippen LogP contribution in [0, 0.1) is 11.3 Å². The molecule has 1 saturated carbocycles. The normalized spacial score (nSPS) is 32.2. The highest BCUT2D eigenvalue weighted by Crippen LogP contribution is 2.43. The molecule has 0 aliphatic heterocycles. The van der Waals surface area contributed by atoms with E-state index in [9.17, 15) is 0 Å². The Labute approximate surface area is 72.8 Å². The van der Waals surface area contributed by atoms with Crippen molar-refractivity contribution >= 4 is 0 Å². The molecule has 0 unspecified atom stereocenters. The van der Waals surface area contributed by atoms with Crippen molar-refractivity contribution in [2.75, 3.05) is 0 Å². The standard InChI is InChI=1S/C11H18/c1-5-10-9(2)7-6-8-11(10,3)4/h5,10H,1-2,6-8H2,3-4H3/t10-/m1/s1/i1+1D2. The van der Waals surface area contributed by atoms with Crippen LogP contribution in [0.1, 0.15) is 35.9 Å². The molecule has 1 fully saturated rings. The smallest absolute Gasteiger partial charge is 0.0535 e. The maximum atomic E-state index is 7.17. The fourth-order valence-electron chi connectivity index (χ4n) is 1.98.